The maximum atomic E-state index is 13.5. The molecule has 1 N–H and O–H groups in total. The second-order valence-electron chi connectivity index (χ2n) is 5.36. The lowest BCUT2D eigenvalue weighted by Gasteiger charge is -2.09. The van der Waals surface area contributed by atoms with Crippen molar-refractivity contribution >= 4 is 0 Å². The van der Waals surface area contributed by atoms with E-state index in [1.54, 1.807) is 6.07 Å². The highest BCUT2D eigenvalue weighted by atomic mass is 19.1. The standard InChI is InChI=1S/C16H24FNO/c1-2-3-4-5-8-19-16-10-13(9-14(17)11-16)12-18-15-6-7-15/h9-11,15,18H,2-8,12H2,1H3. The minimum Gasteiger partial charge on any atom is -0.493 e. The van der Waals surface area contributed by atoms with Crippen LogP contribution in [-0.2, 0) is 6.54 Å². The maximum Gasteiger partial charge on any atom is 0.127 e. The molecule has 19 heavy (non-hydrogen) atoms. The van der Waals surface area contributed by atoms with Crippen LogP contribution >= 0.6 is 0 Å². The molecule has 1 aliphatic rings. The fraction of sp³-hybridized carbons (Fsp3) is 0.625. The van der Waals surface area contributed by atoms with Gasteiger partial charge >= 0.3 is 0 Å². The van der Waals surface area contributed by atoms with Gasteiger partial charge < -0.3 is 10.1 Å². The number of hydrogen-bond acceptors (Lipinski definition) is 2. The molecule has 0 aliphatic heterocycles. The zero-order valence-electron chi connectivity index (χ0n) is 11.8. The minimum atomic E-state index is -0.210. The van der Waals surface area contributed by atoms with Crippen molar-refractivity contribution in [2.45, 2.75) is 58.0 Å². The zero-order chi connectivity index (χ0) is 13.5. The van der Waals surface area contributed by atoms with E-state index in [1.807, 2.05) is 6.07 Å². The summed E-state index contributed by atoms with van der Waals surface area (Å²) in [6, 6.07) is 5.64. The predicted octanol–water partition coefficient (Wildman–Crippen LogP) is 4.04. The first-order chi connectivity index (χ1) is 9.28. The summed E-state index contributed by atoms with van der Waals surface area (Å²) in [6.07, 6.45) is 7.17. The quantitative estimate of drug-likeness (QED) is 0.680. The van der Waals surface area contributed by atoms with Crippen molar-refractivity contribution in [1.29, 1.82) is 0 Å². The van der Waals surface area contributed by atoms with Crippen molar-refractivity contribution < 1.29 is 9.13 Å². The van der Waals surface area contributed by atoms with Gasteiger partial charge in [0.25, 0.3) is 0 Å². The second kappa shape index (κ2) is 7.49. The number of halogens is 1. The summed E-state index contributed by atoms with van der Waals surface area (Å²) in [6.45, 7) is 3.60. The Kier molecular flexibility index (Phi) is 5.64. The number of ether oxygens (including phenoxy) is 1. The van der Waals surface area contributed by atoms with Gasteiger partial charge in [0.1, 0.15) is 11.6 Å². The van der Waals surface area contributed by atoms with E-state index < -0.39 is 0 Å². The van der Waals surface area contributed by atoms with Gasteiger partial charge in [-0.3, -0.25) is 0 Å². The molecule has 1 aromatic carbocycles. The summed E-state index contributed by atoms with van der Waals surface area (Å²) in [5, 5.41) is 3.39. The number of nitrogens with one attached hydrogen (secondary N) is 1. The Labute approximate surface area is 115 Å². The summed E-state index contributed by atoms with van der Waals surface area (Å²) < 4.78 is 19.1. The summed E-state index contributed by atoms with van der Waals surface area (Å²) in [7, 11) is 0. The van der Waals surface area contributed by atoms with Crippen LogP contribution in [0.3, 0.4) is 0 Å². The monoisotopic (exact) mass is 265 g/mol. The van der Waals surface area contributed by atoms with Crippen molar-refractivity contribution in [3.63, 3.8) is 0 Å². The van der Waals surface area contributed by atoms with Gasteiger partial charge in [0.15, 0.2) is 0 Å². The van der Waals surface area contributed by atoms with Crippen LogP contribution in [0, 0.1) is 5.82 Å². The van der Waals surface area contributed by atoms with Crippen molar-refractivity contribution in [1.82, 2.24) is 5.32 Å². The van der Waals surface area contributed by atoms with Gasteiger partial charge in [-0.1, -0.05) is 26.2 Å². The first-order valence-electron chi connectivity index (χ1n) is 7.43. The van der Waals surface area contributed by atoms with E-state index in [2.05, 4.69) is 12.2 Å². The van der Waals surface area contributed by atoms with Crippen molar-refractivity contribution in [3.8, 4) is 5.75 Å². The number of rotatable bonds is 9. The molecular weight excluding hydrogens is 241 g/mol. The Morgan fingerprint density at radius 1 is 1.21 bits per heavy atom. The molecule has 0 atom stereocenters. The van der Waals surface area contributed by atoms with Crippen LogP contribution in [0.4, 0.5) is 4.39 Å². The highest BCUT2D eigenvalue weighted by molar-refractivity contribution is 5.29. The average molecular weight is 265 g/mol. The molecule has 0 aromatic heterocycles. The lowest BCUT2D eigenvalue weighted by molar-refractivity contribution is 0.303. The second-order valence-corrected chi connectivity index (χ2v) is 5.36. The van der Waals surface area contributed by atoms with E-state index >= 15 is 0 Å². The molecule has 1 fully saturated rings. The average Bonchev–Trinajstić information content (AvgIpc) is 3.20. The normalized spacial score (nSPS) is 14.6. The largest absolute Gasteiger partial charge is 0.493 e. The topological polar surface area (TPSA) is 21.3 Å². The molecular formula is C16H24FNO. The van der Waals surface area contributed by atoms with Gasteiger partial charge in [0, 0.05) is 18.7 Å². The third-order valence-electron chi connectivity index (χ3n) is 3.37. The van der Waals surface area contributed by atoms with Gasteiger partial charge in [-0.25, -0.2) is 4.39 Å². The van der Waals surface area contributed by atoms with Gasteiger partial charge in [0.05, 0.1) is 6.61 Å². The molecule has 0 spiro atoms. The van der Waals surface area contributed by atoms with E-state index in [-0.39, 0.29) is 5.82 Å². The van der Waals surface area contributed by atoms with E-state index in [1.165, 1.54) is 38.2 Å². The lowest BCUT2D eigenvalue weighted by atomic mass is 10.2. The molecule has 1 saturated carbocycles. The summed E-state index contributed by atoms with van der Waals surface area (Å²) in [4.78, 5) is 0. The van der Waals surface area contributed by atoms with Crippen molar-refractivity contribution in [2.75, 3.05) is 6.61 Å². The number of benzene rings is 1. The predicted molar refractivity (Wildman–Crippen MR) is 75.9 cm³/mol. The Bertz CT molecular complexity index is 390. The Morgan fingerprint density at radius 3 is 2.79 bits per heavy atom. The summed E-state index contributed by atoms with van der Waals surface area (Å²) in [5.41, 5.74) is 0.968. The molecule has 1 aromatic rings. The smallest absolute Gasteiger partial charge is 0.127 e. The van der Waals surface area contributed by atoms with E-state index in [4.69, 9.17) is 4.74 Å². The van der Waals surface area contributed by atoms with Crippen LogP contribution in [0.2, 0.25) is 0 Å². The van der Waals surface area contributed by atoms with E-state index in [0.717, 1.165) is 18.5 Å². The van der Waals surface area contributed by atoms with Crippen LogP contribution in [0.25, 0.3) is 0 Å². The van der Waals surface area contributed by atoms with Crippen molar-refractivity contribution in [2.24, 2.45) is 0 Å². The van der Waals surface area contributed by atoms with E-state index in [9.17, 15) is 4.39 Å². The van der Waals surface area contributed by atoms with Gasteiger partial charge in [0.2, 0.25) is 0 Å². The highest BCUT2D eigenvalue weighted by Gasteiger charge is 2.20. The van der Waals surface area contributed by atoms with Crippen LogP contribution in [0.1, 0.15) is 51.0 Å². The Hall–Kier alpha value is -1.09. The third kappa shape index (κ3) is 5.60. The van der Waals surface area contributed by atoms with Crippen LogP contribution in [0.15, 0.2) is 18.2 Å². The maximum absolute atomic E-state index is 13.5. The zero-order valence-corrected chi connectivity index (χ0v) is 11.8. The van der Waals surface area contributed by atoms with Crippen LogP contribution in [0.5, 0.6) is 5.75 Å². The highest BCUT2D eigenvalue weighted by Crippen LogP contribution is 2.21. The van der Waals surface area contributed by atoms with Gasteiger partial charge in [-0.2, -0.15) is 0 Å². The lowest BCUT2D eigenvalue weighted by Crippen LogP contribution is -2.15. The summed E-state index contributed by atoms with van der Waals surface area (Å²) in [5.74, 6) is 0.447. The van der Waals surface area contributed by atoms with Crippen LogP contribution in [-0.4, -0.2) is 12.6 Å². The SMILES string of the molecule is CCCCCCOc1cc(F)cc(CNC2CC2)c1. The molecule has 0 amide bonds. The molecule has 0 radical (unpaired) electrons. The molecule has 2 rings (SSSR count). The molecule has 0 heterocycles. The molecule has 0 saturated heterocycles. The third-order valence-corrected chi connectivity index (χ3v) is 3.37. The molecule has 3 heteroatoms. The molecule has 1 aliphatic carbocycles. The number of unbranched alkanes of at least 4 members (excludes halogenated alkanes) is 3. The minimum absolute atomic E-state index is 0.210. The summed E-state index contributed by atoms with van der Waals surface area (Å²) >= 11 is 0. The molecule has 0 unspecified atom stereocenters. The van der Waals surface area contributed by atoms with E-state index in [0.29, 0.717) is 18.4 Å². The fourth-order valence-corrected chi connectivity index (χ4v) is 2.07. The Balaban J connectivity index is 1.77. The first-order valence-corrected chi connectivity index (χ1v) is 7.43. The van der Waals surface area contributed by atoms with Gasteiger partial charge in [-0.15, -0.1) is 0 Å². The van der Waals surface area contributed by atoms with Crippen LogP contribution < -0.4 is 10.1 Å². The molecule has 0 bridgehead atoms. The van der Waals surface area contributed by atoms with Crippen molar-refractivity contribution in [3.05, 3.63) is 29.6 Å². The number of hydrogen-bond donors (Lipinski definition) is 1. The first kappa shape index (κ1) is 14.3. The van der Waals surface area contributed by atoms with Gasteiger partial charge in [-0.05, 0) is 37.0 Å². The molecule has 106 valence electrons. The fourth-order valence-electron chi connectivity index (χ4n) is 2.07. The Morgan fingerprint density at radius 2 is 2.05 bits per heavy atom. The molecule has 2 nitrogen and oxygen atoms in total.